The number of amides is 1. The molecule has 0 bridgehead atoms. The van der Waals surface area contributed by atoms with Crippen LogP contribution in [-0.2, 0) is 4.79 Å². The Bertz CT molecular complexity index is 1360. The number of aromatic nitrogens is 5. The lowest BCUT2D eigenvalue weighted by Crippen LogP contribution is -2.48. The average Bonchev–Trinajstić information content (AvgIpc) is 3.27. The van der Waals surface area contributed by atoms with E-state index >= 15 is 4.39 Å². The lowest BCUT2D eigenvalue weighted by molar-refractivity contribution is -0.126. The minimum Gasteiger partial charge on any atom is -0.507 e. The van der Waals surface area contributed by atoms with Crippen LogP contribution in [0.1, 0.15) is 0 Å². The number of fused-ring (bicyclic) bond motifs is 3. The number of phenolic OH excluding ortho intramolecular Hbond substituents is 1. The van der Waals surface area contributed by atoms with Crippen LogP contribution < -0.4 is 4.90 Å². The van der Waals surface area contributed by atoms with Gasteiger partial charge in [-0.05, 0) is 24.3 Å². The highest BCUT2D eigenvalue weighted by Crippen LogP contribution is 2.35. The summed E-state index contributed by atoms with van der Waals surface area (Å²) in [6.07, 6.45) is 2.65. The third-order valence-electron chi connectivity index (χ3n) is 5.45. The van der Waals surface area contributed by atoms with Gasteiger partial charge >= 0.3 is 0 Å². The Kier molecular flexibility index (Phi) is 4.65. The van der Waals surface area contributed by atoms with Crippen LogP contribution in [0.25, 0.3) is 28.1 Å². The smallest absolute Gasteiger partial charge is 0.258 e. The summed E-state index contributed by atoms with van der Waals surface area (Å²) in [5.41, 5.74) is -0.400. The summed E-state index contributed by atoms with van der Waals surface area (Å²) in [5, 5.41) is 18.3. The van der Waals surface area contributed by atoms with Crippen LogP contribution in [0.4, 0.5) is 14.6 Å². The molecule has 0 radical (unpaired) electrons. The number of aromatic hydroxyl groups is 1. The number of carbonyl (C=O) groups is 1. The fourth-order valence-electron chi connectivity index (χ4n) is 3.87. The second kappa shape index (κ2) is 7.52. The predicted octanol–water partition coefficient (Wildman–Crippen LogP) is 2.16. The number of anilines is 1. The maximum Gasteiger partial charge on any atom is 0.258 e. The molecular formula is C21H17F2N7O2. The van der Waals surface area contributed by atoms with Crippen LogP contribution in [-0.4, -0.2) is 66.7 Å². The van der Waals surface area contributed by atoms with E-state index in [9.17, 15) is 14.3 Å². The summed E-state index contributed by atoms with van der Waals surface area (Å²) in [7, 11) is 0. The molecule has 0 atom stereocenters. The number of piperazine rings is 1. The molecule has 1 aliphatic rings. The Labute approximate surface area is 180 Å². The third kappa shape index (κ3) is 3.09. The highest BCUT2D eigenvalue weighted by molar-refractivity contribution is 5.91. The van der Waals surface area contributed by atoms with Gasteiger partial charge in [-0.15, -0.1) is 10.2 Å². The molecule has 1 N–H and O–H groups in total. The van der Waals surface area contributed by atoms with E-state index in [4.69, 9.17) is 0 Å². The maximum absolute atomic E-state index is 15.2. The molecule has 1 saturated heterocycles. The predicted molar refractivity (Wildman–Crippen MR) is 112 cm³/mol. The first-order valence-electron chi connectivity index (χ1n) is 9.82. The molecule has 0 spiro atoms. The van der Waals surface area contributed by atoms with E-state index in [-0.39, 0.29) is 28.6 Å². The van der Waals surface area contributed by atoms with Crippen molar-refractivity contribution in [2.45, 2.75) is 0 Å². The van der Waals surface area contributed by atoms with Crippen molar-refractivity contribution >= 4 is 28.5 Å². The highest BCUT2D eigenvalue weighted by Gasteiger charge is 2.25. The Morgan fingerprint density at radius 2 is 1.91 bits per heavy atom. The highest BCUT2D eigenvalue weighted by atomic mass is 19.1. The van der Waals surface area contributed by atoms with Crippen molar-refractivity contribution in [2.24, 2.45) is 0 Å². The number of rotatable bonds is 3. The molecule has 1 amide bonds. The molecule has 0 unspecified atom stereocenters. The van der Waals surface area contributed by atoms with Crippen molar-refractivity contribution in [2.75, 3.05) is 31.1 Å². The van der Waals surface area contributed by atoms with Crippen molar-refractivity contribution in [3.8, 4) is 17.0 Å². The van der Waals surface area contributed by atoms with Crippen LogP contribution in [0.2, 0.25) is 0 Å². The van der Waals surface area contributed by atoms with Gasteiger partial charge in [0.2, 0.25) is 5.91 Å². The normalized spacial score (nSPS) is 14.3. The van der Waals surface area contributed by atoms with Crippen molar-refractivity contribution in [1.82, 2.24) is 29.5 Å². The van der Waals surface area contributed by atoms with Gasteiger partial charge in [-0.3, -0.25) is 4.79 Å². The minimum absolute atomic E-state index is 0.155. The number of phenols is 1. The molecule has 0 aliphatic carbocycles. The molecule has 32 heavy (non-hydrogen) atoms. The number of benzene rings is 1. The van der Waals surface area contributed by atoms with Crippen LogP contribution in [0, 0.1) is 11.6 Å². The second-order valence-electron chi connectivity index (χ2n) is 7.28. The quantitative estimate of drug-likeness (QED) is 0.490. The first-order valence-corrected chi connectivity index (χ1v) is 9.82. The van der Waals surface area contributed by atoms with E-state index < -0.39 is 17.4 Å². The number of nitrogens with zero attached hydrogens (tertiary/aromatic N) is 7. The average molecular weight is 437 g/mol. The molecule has 4 aromatic rings. The van der Waals surface area contributed by atoms with Gasteiger partial charge in [0.25, 0.3) is 5.78 Å². The van der Waals surface area contributed by atoms with Gasteiger partial charge in [0.05, 0.1) is 10.9 Å². The van der Waals surface area contributed by atoms with Crippen molar-refractivity contribution in [1.29, 1.82) is 0 Å². The first-order chi connectivity index (χ1) is 15.5. The Morgan fingerprint density at radius 3 is 2.62 bits per heavy atom. The summed E-state index contributed by atoms with van der Waals surface area (Å²) in [4.78, 5) is 24.3. The summed E-state index contributed by atoms with van der Waals surface area (Å²) in [6, 6.07) is 4.92. The van der Waals surface area contributed by atoms with Crippen LogP contribution in [0.3, 0.4) is 0 Å². The number of hydrogen-bond donors (Lipinski definition) is 1. The standard InChI is InChI=1S/C21H17F2N7O2/c1-2-16(32)28-6-8-29(9-7-28)19-12-10-14(23)18(17-13(22)4-3-5-15(17)31)25-20(12)30-11-24-27-21(30)26-19/h2-5,10-11,31H,1,6-9H2. The molecule has 1 fully saturated rings. The van der Waals surface area contributed by atoms with E-state index in [1.807, 2.05) is 4.90 Å². The maximum atomic E-state index is 15.2. The van der Waals surface area contributed by atoms with E-state index in [1.165, 1.54) is 35.0 Å². The van der Waals surface area contributed by atoms with Gasteiger partial charge in [-0.2, -0.15) is 4.98 Å². The van der Waals surface area contributed by atoms with Crippen molar-refractivity contribution in [3.63, 3.8) is 0 Å². The van der Waals surface area contributed by atoms with E-state index in [0.29, 0.717) is 37.4 Å². The zero-order valence-electron chi connectivity index (χ0n) is 16.7. The Morgan fingerprint density at radius 1 is 1.12 bits per heavy atom. The molecule has 11 heteroatoms. The minimum atomic E-state index is -0.811. The Balaban J connectivity index is 1.67. The van der Waals surface area contributed by atoms with Gasteiger partial charge in [-0.1, -0.05) is 12.6 Å². The first kappa shape index (κ1) is 19.8. The lowest BCUT2D eigenvalue weighted by atomic mass is 10.1. The van der Waals surface area contributed by atoms with Gasteiger partial charge < -0.3 is 14.9 Å². The molecule has 4 heterocycles. The van der Waals surface area contributed by atoms with E-state index in [1.54, 1.807) is 4.90 Å². The molecule has 162 valence electrons. The number of carbonyl (C=O) groups excluding carboxylic acids is 1. The van der Waals surface area contributed by atoms with Gasteiger partial charge in [0, 0.05) is 26.2 Å². The largest absolute Gasteiger partial charge is 0.507 e. The van der Waals surface area contributed by atoms with E-state index in [2.05, 4.69) is 26.7 Å². The molecule has 0 saturated carbocycles. The molecule has 1 aliphatic heterocycles. The van der Waals surface area contributed by atoms with Crippen LogP contribution in [0.5, 0.6) is 5.75 Å². The topological polar surface area (TPSA) is 99.8 Å². The zero-order valence-corrected chi connectivity index (χ0v) is 16.7. The molecule has 1 aromatic carbocycles. The fourth-order valence-corrected chi connectivity index (χ4v) is 3.87. The lowest BCUT2D eigenvalue weighted by Gasteiger charge is -2.35. The second-order valence-corrected chi connectivity index (χ2v) is 7.28. The van der Waals surface area contributed by atoms with Gasteiger partial charge in [0.15, 0.2) is 11.5 Å². The monoisotopic (exact) mass is 437 g/mol. The summed E-state index contributed by atoms with van der Waals surface area (Å²) in [6.45, 7) is 5.33. The van der Waals surface area contributed by atoms with Gasteiger partial charge in [0.1, 0.15) is 29.4 Å². The van der Waals surface area contributed by atoms with Crippen molar-refractivity contribution < 1.29 is 18.7 Å². The molecule has 3 aromatic heterocycles. The van der Waals surface area contributed by atoms with Gasteiger partial charge in [-0.25, -0.2) is 18.2 Å². The molecule has 9 nitrogen and oxygen atoms in total. The SMILES string of the molecule is C=CC(=O)N1CCN(c2nc3nncn3c3nc(-c4c(O)cccc4F)c(F)cc23)CC1. The zero-order chi connectivity index (χ0) is 22.4. The summed E-state index contributed by atoms with van der Waals surface area (Å²) >= 11 is 0. The van der Waals surface area contributed by atoms with Crippen LogP contribution in [0.15, 0.2) is 43.2 Å². The number of halogens is 2. The van der Waals surface area contributed by atoms with Crippen molar-refractivity contribution in [3.05, 3.63) is 54.9 Å². The number of pyridine rings is 1. The molecule has 5 rings (SSSR count). The van der Waals surface area contributed by atoms with Crippen LogP contribution >= 0.6 is 0 Å². The van der Waals surface area contributed by atoms with E-state index in [0.717, 1.165) is 6.07 Å². The fraction of sp³-hybridized carbons (Fsp3) is 0.190. The Hall–Kier alpha value is -4.15. The summed E-state index contributed by atoms with van der Waals surface area (Å²) < 4.78 is 31.0. The third-order valence-corrected chi connectivity index (χ3v) is 5.45. The number of hydrogen-bond acceptors (Lipinski definition) is 7. The molecular weight excluding hydrogens is 420 g/mol. The summed E-state index contributed by atoms with van der Waals surface area (Å²) in [5.74, 6) is -1.52.